The second-order valence-electron chi connectivity index (χ2n) is 6.27. The number of aliphatic imine (C=N–C) groups is 1. The van der Waals surface area contributed by atoms with E-state index < -0.39 is 0 Å². The summed E-state index contributed by atoms with van der Waals surface area (Å²) in [5.41, 5.74) is 1.60. The molecule has 2 amide bonds. The van der Waals surface area contributed by atoms with Gasteiger partial charge in [-0.3, -0.25) is 9.59 Å². The van der Waals surface area contributed by atoms with Gasteiger partial charge in [0.25, 0.3) is 11.8 Å². The monoisotopic (exact) mass is 393 g/mol. The molecule has 1 heterocycles. The van der Waals surface area contributed by atoms with Crippen molar-refractivity contribution in [3.05, 3.63) is 78.4 Å². The lowest BCUT2D eigenvalue weighted by atomic mass is 10.1. The smallest absolute Gasteiger partial charge is 0.267 e. The van der Waals surface area contributed by atoms with E-state index in [2.05, 4.69) is 13.5 Å². The van der Waals surface area contributed by atoms with Crippen molar-refractivity contribution in [1.82, 2.24) is 10.0 Å². The Morgan fingerprint density at radius 2 is 1.68 bits per heavy atom. The van der Waals surface area contributed by atoms with Crippen LogP contribution in [0, 0.1) is 0 Å². The summed E-state index contributed by atoms with van der Waals surface area (Å²) in [7, 11) is 0. The number of amides is 2. The normalized spacial score (nSPS) is 13.6. The van der Waals surface area contributed by atoms with E-state index in [4.69, 9.17) is 4.99 Å². The van der Waals surface area contributed by atoms with Gasteiger partial charge in [-0.15, -0.1) is 6.58 Å². The van der Waals surface area contributed by atoms with Gasteiger partial charge in [-0.25, -0.2) is 10.0 Å². The largest absolute Gasteiger partial charge is 0.280 e. The molecule has 0 aromatic heterocycles. The molecule has 6 heteroatoms. The quantitative estimate of drug-likeness (QED) is 0.221. The predicted molar refractivity (Wildman–Crippen MR) is 115 cm³/mol. The average Bonchev–Trinajstić information content (AvgIpc) is 2.97. The van der Waals surface area contributed by atoms with E-state index in [1.54, 1.807) is 47.1 Å². The fourth-order valence-electron chi connectivity index (χ4n) is 2.85. The van der Waals surface area contributed by atoms with Crippen LogP contribution in [0.5, 0.6) is 0 Å². The van der Waals surface area contributed by atoms with Gasteiger partial charge in [0, 0.05) is 5.75 Å². The van der Waals surface area contributed by atoms with Crippen LogP contribution in [0.4, 0.5) is 5.69 Å². The highest BCUT2D eigenvalue weighted by Gasteiger charge is 2.40. The highest BCUT2D eigenvalue weighted by molar-refractivity contribution is 8.13. The Hall–Kier alpha value is -2.86. The second-order valence-corrected chi connectivity index (χ2v) is 7.33. The van der Waals surface area contributed by atoms with Gasteiger partial charge in [0.1, 0.15) is 0 Å². The van der Waals surface area contributed by atoms with Gasteiger partial charge in [-0.2, -0.15) is 5.01 Å². The molecule has 0 atom stereocenters. The number of hydrazine groups is 1. The van der Waals surface area contributed by atoms with E-state index in [-0.39, 0.29) is 11.8 Å². The van der Waals surface area contributed by atoms with E-state index in [1.165, 1.54) is 5.01 Å². The number of carbonyl (C=O) groups excluding carboxylic acids is 2. The van der Waals surface area contributed by atoms with E-state index in [1.807, 2.05) is 30.3 Å². The fourth-order valence-corrected chi connectivity index (χ4v) is 3.94. The van der Waals surface area contributed by atoms with Crippen LogP contribution in [0.15, 0.2) is 72.2 Å². The van der Waals surface area contributed by atoms with Gasteiger partial charge in [0.05, 0.1) is 23.4 Å². The summed E-state index contributed by atoms with van der Waals surface area (Å²) in [5, 5.41) is 3.42. The summed E-state index contributed by atoms with van der Waals surface area (Å²) in [6.45, 7) is 6.23. The molecule has 0 aliphatic carbocycles. The second kappa shape index (κ2) is 9.37. The van der Waals surface area contributed by atoms with Crippen LogP contribution in [0.3, 0.4) is 0 Å². The lowest BCUT2D eigenvalue weighted by molar-refractivity contribution is 0.0333. The Labute approximate surface area is 169 Å². The first-order valence-corrected chi connectivity index (χ1v) is 10.3. The predicted octanol–water partition coefficient (Wildman–Crippen LogP) is 4.91. The number of carbonyl (C=O) groups is 2. The van der Waals surface area contributed by atoms with Gasteiger partial charge >= 0.3 is 0 Å². The number of benzene rings is 2. The minimum absolute atomic E-state index is 0.302. The average molecular weight is 394 g/mol. The highest BCUT2D eigenvalue weighted by atomic mass is 32.2. The number of unbranched alkanes of at least 4 members (excludes halogenated alkanes) is 1. The maximum atomic E-state index is 13.0. The Balaban J connectivity index is 1.99. The summed E-state index contributed by atoms with van der Waals surface area (Å²) in [6, 6.07) is 16.4. The third kappa shape index (κ3) is 4.17. The first-order valence-electron chi connectivity index (χ1n) is 9.30. The van der Waals surface area contributed by atoms with Crippen molar-refractivity contribution in [2.45, 2.75) is 19.8 Å². The molecular formula is C22H23N3O2S. The molecule has 0 saturated heterocycles. The van der Waals surface area contributed by atoms with Crippen LogP contribution < -0.4 is 0 Å². The third-order valence-electron chi connectivity index (χ3n) is 4.25. The molecule has 0 N–H and O–H groups in total. The van der Waals surface area contributed by atoms with Crippen LogP contribution in [0.25, 0.3) is 0 Å². The Kier molecular flexibility index (Phi) is 6.66. The fraction of sp³-hybridized carbons (Fsp3) is 0.227. The molecule has 28 heavy (non-hydrogen) atoms. The van der Waals surface area contributed by atoms with E-state index in [0.717, 1.165) is 24.3 Å². The minimum atomic E-state index is -0.334. The molecule has 2 aromatic rings. The molecule has 1 aliphatic heterocycles. The van der Waals surface area contributed by atoms with Crippen molar-refractivity contribution in [3.63, 3.8) is 0 Å². The maximum Gasteiger partial charge on any atom is 0.280 e. The van der Waals surface area contributed by atoms with Gasteiger partial charge in [0.2, 0.25) is 0 Å². The molecule has 2 aromatic carbocycles. The van der Waals surface area contributed by atoms with Crippen LogP contribution in [0.2, 0.25) is 0 Å². The molecule has 0 radical (unpaired) electrons. The molecule has 0 bridgehead atoms. The van der Waals surface area contributed by atoms with Crippen LogP contribution in [0.1, 0.15) is 40.5 Å². The number of para-hydroxylation sites is 1. The maximum absolute atomic E-state index is 13.0. The SMILES string of the molecule is C=CCN(C(=Nc1ccccc1)SCCCC)N1C(=O)c2ccccc2C1=O. The molecule has 3 rings (SSSR count). The number of hydrogen-bond donors (Lipinski definition) is 0. The van der Waals surface area contributed by atoms with Crippen molar-refractivity contribution in [2.75, 3.05) is 12.3 Å². The molecule has 0 unspecified atom stereocenters. The van der Waals surface area contributed by atoms with Gasteiger partial charge in [-0.05, 0) is 30.7 Å². The number of hydrogen-bond acceptors (Lipinski definition) is 4. The number of fused-ring (bicyclic) bond motifs is 1. The lowest BCUT2D eigenvalue weighted by Crippen LogP contribution is -2.49. The molecule has 0 fully saturated rings. The molecular weight excluding hydrogens is 370 g/mol. The number of rotatable bonds is 7. The summed E-state index contributed by atoms with van der Waals surface area (Å²) in [5.74, 6) is 0.178. The molecule has 1 aliphatic rings. The number of amidine groups is 1. The lowest BCUT2D eigenvalue weighted by Gasteiger charge is -2.31. The minimum Gasteiger partial charge on any atom is -0.267 e. The Morgan fingerprint density at radius 3 is 2.25 bits per heavy atom. The molecule has 144 valence electrons. The number of thioether (sulfide) groups is 1. The summed E-state index contributed by atoms with van der Waals surface area (Å²) >= 11 is 1.54. The van der Waals surface area contributed by atoms with Crippen molar-refractivity contribution in [1.29, 1.82) is 0 Å². The zero-order valence-corrected chi connectivity index (χ0v) is 16.7. The van der Waals surface area contributed by atoms with Crippen LogP contribution >= 0.6 is 11.8 Å². The standard InChI is InChI=1S/C22H23N3O2S/c1-3-5-16-28-22(23-17-11-7-6-8-12-17)24(15-4-2)25-20(26)18-13-9-10-14-19(18)21(25)27/h4,6-14H,2-3,5,15-16H2,1H3. The topological polar surface area (TPSA) is 53.0 Å². The zero-order valence-electron chi connectivity index (χ0n) is 15.9. The van der Waals surface area contributed by atoms with E-state index in [9.17, 15) is 9.59 Å². The van der Waals surface area contributed by atoms with Gasteiger partial charge < -0.3 is 0 Å². The molecule has 5 nitrogen and oxygen atoms in total. The van der Waals surface area contributed by atoms with Crippen LogP contribution in [-0.2, 0) is 0 Å². The summed E-state index contributed by atoms with van der Waals surface area (Å²) < 4.78 is 0. The van der Waals surface area contributed by atoms with Gasteiger partial charge in [-0.1, -0.05) is 61.5 Å². The highest BCUT2D eigenvalue weighted by Crippen LogP contribution is 2.27. The first kappa shape index (κ1) is 19.9. The Bertz CT molecular complexity index is 861. The van der Waals surface area contributed by atoms with Crippen molar-refractivity contribution >= 4 is 34.4 Å². The summed E-state index contributed by atoms with van der Waals surface area (Å²) in [4.78, 5) is 30.7. The van der Waals surface area contributed by atoms with E-state index >= 15 is 0 Å². The Morgan fingerprint density at radius 1 is 1.07 bits per heavy atom. The number of nitrogens with zero attached hydrogens (tertiary/aromatic N) is 3. The van der Waals surface area contributed by atoms with Crippen molar-refractivity contribution in [2.24, 2.45) is 4.99 Å². The molecule has 0 saturated carbocycles. The van der Waals surface area contributed by atoms with Crippen molar-refractivity contribution < 1.29 is 9.59 Å². The number of imide groups is 1. The zero-order chi connectivity index (χ0) is 19.9. The summed E-state index contributed by atoms with van der Waals surface area (Å²) in [6.07, 6.45) is 3.74. The van der Waals surface area contributed by atoms with E-state index in [0.29, 0.717) is 22.8 Å². The van der Waals surface area contributed by atoms with Gasteiger partial charge in [0.15, 0.2) is 5.17 Å². The van der Waals surface area contributed by atoms with Crippen molar-refractivity contribution in [3.8, 4) is 0 Å². The van der Waals surface area contributed by atoms with Crippen LogP contribution in [-0.4, -0.2) is 39.3 Å². The third-order valence-corrected chi connectivity index (χ3v) is 5.30. The molecule has 0 spiro atoms. The first-order chi connectivity index (χ1) is 13.7.